The average molecular weight is 173 g/mol. The molecule has 1 aliphatic rings. The van der Waals surface area contributed by atoms with Crippen LogP contribution in [0.15, 0.2) is 0 Å². The van der Waals surface area contributed by atoms with Crippen LogP contribution < -0.4 is 0 Å². The van der Waals surface area contributed by atoms with E-state index in [0.29, 0.717) is 6.10 Å². The minimum atomic E-state index is -1.32. The van der Waals surface area contributed by atoms with Gasteiger partial charge in [0.05, 0.1) is 19.3 Å². The van der Waals surface area contributed by atoms with E-state index in [1.165, 1.54) is 0 Å². The van der Waals surface area contributed by atoms with Crippen LogP contribution in [0.5, 0.6) is 0 Å². The molecule has 0 aromatic rings. The molecule has 1 saturated heterocycles. The van der Waals surface area contributed by atoms with E-state index < -0.39 is 8.32 Å². The maximum absolute atomic E-state index is 5.71. The van der Waals surface area contributed by atoms with Gasteiger partial charge in [-0.25, -0.2) is 0 Å². The van der Waals surface area contributed by atoms with E-state index in [4.69, 9.17) is 9.16 Å². The van der Waals surface area contributed by atoms with Crippen molar-refractivity contribution in [2.45, 2.75) is 38.6 Å². The van der Waals surface area contributed by atoms with Crippen molar-refractivity contribution in [1.29, 1.82) is 0 Å². The minimum Gasteiger partial charge on any atom is -0.415 e. The van der Waals surface area contributed by atoms with Crippen LogP contribution in [-0.2, 0) is 9.16 Å². The van der Waals surface area contributed by atoms with Crippen LogP contribution in [0.3, 0.4) is 0 Å². The van der Waals surface area contributed by atoms with Crippen molar-refractivity contribution < 1.29 is 9.16 Å². The van der Waals surface area contributed by atoms with Gasteiger partial charge in [0.25, 0.3) is 0 Å². The Labute approximate surface area is 70.0 Å². The first kappa shape index (κ1) is 9.23. The monoisotopic (exact) mass is 173 g/mol. The minimum absolute atomic E-state index is 0.335. The second kappa shape index (κ2) is 3.69. The molecule has 0 aliphatic carbocycles. The van der Waals surface area contributed by atoms with Gasteiger partial charge in [0, 0.05) is 0 Å². The highest BCUT2D eigenvalue weighted by molar-refractivity contribution is 6.69. The van der Waals surface area contributed by atoms with Gasteiger partial charge in [-0.05, 0) is 32.5 Å². The zero-order chi connectivity index (χ0) is 8.32. The molecule has 0 bridgehead atoms. The van der Waals surface area contributed by atoms with Crippen molar-refractivity contribution in [3.63, 3.8) is 0 Å². The van der Waals surface area contributed by atoms with E-state index in [2.05, 4.69) is 19.6 Å². The normalized spacial score (nSPS) is 25.9. The molecule has 2 nitrogen and oxygen atoms in total. The largest absolute Gasteiger partial charge is 0.415 e. The maximum atomic E-state index is 5.71. The molecular weight excluding hydrogens is 156 g/mol. The van der Waals surface area contributed by atoms with E-state index >= 15 is 0 Å². The number of ether oxygens (including phenoxy) is 1. The lowest BCUT2D eigenvalue weighted by molar-refractivity contribution is 0.0945. The quantitative estimate of drug-likeness (QED) is 0.609. The third-order valence-electron chi connectivity index (χ3n) is 1.60. The van der Waals surface area contributed by atoms with Crippen LogP contribution in [-0.4, -0.2) is 21.0 Å². The third-order valence-corrected chi connectivity index (χ3v) is 2.63. The first-order valence-electron chi connectivity index (χ1n) is 4.19. The molecule has 1 unspecified atom stereocenters. The Morgan fingerprint density at radius 3 is 2.73 bits per heavy atom. The second-order valence-electron chi connectivity index (χ2n) is 3.93. The number of hydrogen-bond acceptors (Lipinski definition) is 2. The highest BCUT2D eigenvalue weighted by Crippen LogP contribution is 2.17. The third kappa shape index (κ3) is 3.89. The van der Waals surface area contributed by atoms with Crippen LogP contribution in [0.4, 0.5) is 0 Å². The molecular formula is C8H17O2Si. The van der Waals surface area contributed by atoms with E-state index in [-0.39, 0.29) is 0 Å². The second-order valence-corrected chi connectivity index (χ2v) is 8.44. The average Bonchev–Trinajstić information content (AvgIpc) is 2.32. The number of hydrogen-bond donors (Lipinski definition) is 0. The summed E-state index contributed by atoms with van der Waals surface area (Å²) in [5.74, 6) is 0. The fourth-order valence-corrected chi connectivity index (χ4v) is 1.68. The lowest BCUT2D eigenvalue weighted by Gasteiger charge is -2.19. The SMILES string of the molecule is C[Si](C)(C)OCC1CC[CH]O1. The first-order valence-corrected chi connectivity index (χ1v) is 7.60. The van der Waals surface area contributed by atoms with Gasteiger partial charge >= 0.3 is 0 Å². The van der Waals surface area contributed by atoms with Crippen molar-refractivity contribution in [3.05, 3.63) is 6.61 Å². The highest BCUT2D eigenvalue weighted by Gasteiger charge is 2.20. The molecule has 1 rings (SSSR count). The van der Waals surface area contributed by atoms with Gasteiger partial charge < -0.3 is 9.16 Å². The molecule has 1 heterocycles. The lowest BCUT2D eigenvalue weighted by Crippen LogP contribution is -2.30. The van der Waals surface area contributed by atoms with Crippen molar-refractivity contribution in [1.82, 2.24) is 0 Å². The summed E-state index contributed by atoms with van der Waals surface area (Å²) in [5.41, 5.74) is 0. The molecule has 0 amide bonds. The summed E-state index contributed by atoms with van der Waals surface area (Å²) in [6, 6.07) is 0. The van der Waals surface area contributed by atoms with Gasteiger partial charge in [0.15, 0.2) is 8.32 Å². The molecule has 1 atom stereocenters. The molecule has 1 aliphatic heterocycles. The van der Waals surface area contributed by atoms with E-state index in [9.17, 15) is 0 Å². The number of rotatable bonds is 3. The Bertz CT molecular complexity index is 114. The van der Waals surface area contributed by atoms with Crippen molar-refractivity contribution >= 4 is 8.32 Å². The Hall–Kier alpha value is 0.137. The molecule has 65 valence electrons. The predicted molar refractivity (Wildman–Crippen MR) is 47.7 cm³/mol. The molecule has 0 spiro atoms. The summed E-state index contributed by atoms with van der Waals surface area (Å²) < 4.78 is 11.0. The summed E-state index contributed by atoms with van der Waals surface area (Å²) in [7, 11) is -1.32. The predicted octanol–water partition coefficient (Wildman–Crippen LogP) is 2.18. The van der Waals surface area contributed by atoms with Gasteiger partial charge in [-0.15, -0.1) is 0 Å². The smallest absolute Gasteiger partial charge is 0.183 e. The summed E-state index contributed by atoms with van der Waals surface area (Å²) in [5, 5.41) is 0. The van der Waals surface area contributed by atoms with Gasteiger partial charge in [-0.3, -0.25) is 0 Å². The Kier molecular flexibility index (Phi) is 3.10. The molecule has 0 N–H and O–H groups in total. The Morgan fingerprint density at radius 1 is 1.55 bits per heavy atom. The summed E-state index contributed by atoms with van der Waals surface area (Å²) in [6.07, 6.45) is 2.55. The van der Waals surface area contributed by atoms with Gasteiger partial charge in [0.1, 0.15) is 0 Å². The van der Waals surface area contributed by atoms with Gasteiger partial charge in [-0.1, -0.05) is 0 Å². The van der Waals surface area contributed by atoms with Crippen LogP contribution in [0.1, 0.15) is 12.8 Å². The summed E-state index contributed by atoms with van der Waals surface area (Å²) >= 11 is 0. The molecule has 0 saturated carbocycles. The Morgan fingerprint density at radius 2 is 2.27 bits per heavy atom. The molecule has 3 heteroatoms. The van der Waals surface area contributed by atoms with Crippen molar-refractivity contribution in [2.75, 3.05) is 6.61 Å². The van der Waals surface area contributed by atoms with E-state index in [0.717, 1.165) is 19.4 Å². The highest BCUT2D eigenvalue weighted by atomic mass is 28.4. The molecule has 0 aromatic carbocycles. The molecule has 11 heavy (non-hydrogen) atoms. The maximum Gasteiger partial charge on any atom is 0.183 e. The standard InChI is InChI=1S/C8H17O2Si/c1-11(2,3)10-7-8-5-4-6-9-8/h6,8H,4-5,7H2,1-3H3. The fourth-order valence-electron chi connectivity index (χ4n) is 0.992. The van der Waals surface area contributed by atoms with Crippen molar-refractivity contribution in [3.8, 4) is 0 Å². The van der Waals surface area contributed by atoms with Crippen LogP contribution >= 0.6 is 0 Å². The molecule has 1 radical (unpaired) electrons. The molecule has 1 fully saturated rings. The van der Waals surface area contributed by atoms with Crippen LogP contribution in [0, 0.1) is 6.61 Å². The Balaban J connectivity index is 2.11. The lowest BCUT2D eigenvalue weighted by atomic mass is 10.2. The fraction of sp³-hybridized carbons (Fsp3) is 0.875. The molecule has 0 aromatic heterocycles. The van der Waals surface area contributed by atoms with E-state index in [1.807, 2.05) is 6.61 Å². The summed E-state index contributed by atoms with van der Waals surface area (Å²) in [6.45, 7) is 9.27. The zero-order valence-corrected chi connectivity index (χ0v) is 8.59. The zero-order valence-electron chi connectivity index (χ0n) is 7.59. The van der Waals surface area contributed by atoms with E-state index in [1.54, 1.807) is 0 Å². The first-order chi connectivity index (χ1) is 5.08. The van der Waals surface area contributed by atoms with Crippen LogP contribution in [0.2, 0.25) is 19.6 Å². The van der Waals surface area contributed by atoms with Gasteiger partial charge in [0.2, 0.25) is 0 Å². The topological polar surface area (TPSA) is 18.5 Å². The summed E-state index contributed by atoms with van der Waals surface area (Å²) in [4.78, 5) is 0. The van der Waals surface area contributed by atoms with Crippen molar-refractivity contribution in [2.24, 2.45) is 0 Å². The van der Waals surface area contributed by atoms with Crippen LogP contribution in [0.25, 0.3) is 0 Å². The van der Waals surface area contributed by atoms with Gasteiger partial charge in [-0.2, -0.15) is 0 Å².